The number of carbonyl (C=O) groups excluding carboxylic acids is 2. The third-order valence-corrected chi connectivity index (χ3v) is 6.15. The van der Waals surface area contributed by atoms with Gasteiger partial charge in [0, 0.05) is 24.3 Å². The van der Waals surface area contributed by atoms with Crippen molar-refractivity contribution in [3.8, 4) is 17.5 Å². The SMILES string of the molecule is CC#CC(=O)N1CCC(n2c(=O)n(-c3ccc(C(=O)Nc4ccccc4)cc3)c3c(N)ncnc32)C1. The monoisotopic (exact) mass is 481 g/mol. The fourth-order valence-electron chi connectivity index (χ4n) is 4.45. The zero-order chi connectivity index (χ0) is 25.2. The zero-order valence-electron chi connectivity index (χ0n) is 19.5. The number of rotatable bonds is 4. The van der Waals surface area contributed by atoms with Gasteiger partial charge in [-0.15, -0.1) is 0 Å². The molecule has 0 saturated carbocycles. The number of nitrogens with one attached hydrogen (secondary N) is 1. The fraction of sp³-hybridized carbons (Fsp3) is 0.192. The molecule has 4 aromatic rings. The number of anilines is 2. The van der Waals surface area contributed by atoms with Crippen molar-refractivity contribution in [1.82, 2.24) is 24.0 Å². The molecule has 1 atom stereocenters. The molecule has 0 spiro atoms. The average Bonchev–Trinajstić information content (AvgIpc) is 3.48. The maximum absolute atomic E-state index is 13.7. The lowest BCUT2D eigenvalue weighted by Crippen LogP contribution is -2.31. The van der Waals surface area contributed by atoms with Crippen LogP contribution >= 0.6 is 0 Å². The maximum Gasteiger partial charge on any atom is 0.335 e. The van der Waals surface area contributed by atoms with Crippen molar-refractivity contribution < 1.29 is 9.59 Å². The van der Waals surface area contributed by atoms with Crippen LogP contribution < -0.4 is 16.7 Å². The number of nitrogen functional groups attached to an aromatic ring is 1. The van der Waals surface area contributed by atoms with Gasteiger partial charge in [0.1, 0.15) is 11.8 Å². The summed E-state index contributed by atoms with van der Waals surface area (Å²) >= 11 is 0. The predicted molar refractivity (Wildman–Crippen MR) is 136 cm³/mol. The Morgan fingerprint density at radius 3 is 2.56 bits per heavy atom. The molecule has 1 aliphatic heterocycles. The molecule has 0 aliphatic carbocycles. The minimum Gasteiger partial charge on any atom is -0.382 e. The summed E-state index contributed by atoms with van der Waals surface area (Å²) in [6, 6.07) is 15.5. The second-order valence-corrected chi connectivity index (χ2v) is 8.35. The minimum absolute atomic E-state index is 0.157. The topological polar surface area (TPSA) is 128 Å². The Balaban J connectivity index is 1.51. The molecule has 2 aromatic heterocycles. The molecule has 1 saturated heterocycles. The summed E-state index contributed by atoms with van der Waals surface area (Å²) in [5.41, 5.74) is 8.24. The van der Waals surface area contributed by atoms with Crippen molar-refractivity contribution in [1.29, 1.82) is 0 Å². The van der Waals surface area contributed by atoms with Crippen LogP contribution in [-0.2, 0) is 4.79 Å². The Morgan fingerprint density at radius 1 is 1.08 bits per heavy atom. The summed E-state index contributed by atoms with van der Waals surface area (Å²) in [6.45, 7) is 2.44. The van der Waals surface area contributed by atoms with Gasteiger partial charge in [-0.25, -0.2) is 14.8 Å². The van der Waals surface area contributed by atoms with E-state index in [1.54, 1.807) is 52.8 Å². The maximum atomic E-state index is 13.7. The lowest BCUT2D eigenvalue weighted by atomic mass is 10.2. The summed E-state index contributed by atoms with van der Waals surface area (Å²) < 4.78 is 3.01. The van der Waals surface area contributed by atoms with E-state index >= 15 is 0 Å². The highest BCUT2D eigenvalue weighted by atomic mass is 16.2. The zero-order valence-corrected chi connectivity index (χ0v) is 19.5. The second-order valence-electron chi connectivity index (χ2n) is 8.35. The average molecular weight is 482 g/mol. The number of imidazole rings is 1. The van der Waals surface area contributed by atoms with Crippen LogP contribution in [0.2, 0.25) is 0 Å². The van der Waals surface area contributed by atoms with E-state index in [9.17, 15) is 14.4 Å². The standard InChI is InChI=1S/C26H23N7O3/c1-2-6-21(34)31-14-13-20(15-31)33-24-22(23(27)28-16-29-24)32(26(33)36)19-11-9-17(10-12-19)25(35)30-18-7-4-3-5-8-18/h3-5,7-12,16,20H,13-15H2,1H3,(H,30,35)(H2,27,28,29). The summed E-state index contributed by atoms with van der Waals surface area (Å²) in [6.07, 6.45) is 1.90. The van der Waals surface area contributed by atoms with E-state index in [4.69, 9.17) is 5.73 Å². The molecule has 2 aromatic carbocycles. The van der Waals surface area contributed by atoms with Crippen LogP contribution in [0, 0.1) is 11.8 Å². The predicted octanol–water partition coefficient (Wildman–Crippen LogP) is 2.21. The fourth-order valence-corrected chi connectivity index (χ4v) is 4.45. The lowest BCUT2D eigenvalue weighted by molar-refractivity contribution is -0.124. The smallest absolute Gasteiger partial charge is 0.335 e. The largest absolute Gasteiger partial charge is 0.382 e. The van der Waals surface area contributed by atoms with E-state index in [-0.39, 0.29) is 29.4 Å². The number of hydrogen-bond acceptors (Lipinski definition) is 6. The van der Waals surface area contributed by atoms with Gasteiger partial charge in [0.2, 0.25) is 0 Å². The van der Waals surface area contributed by atoms with Crippen molar-refractivity contribution in [2.45, 2.75) is 19.4 Å². The van der Waals surface area contributed by atoms with Gasteiger partial charge in [-0.05, 0) is 55.7 Å². The van der Waals surface area contributed by atoms with Gasteiger partial charge < -0.3 is 16.0 Å². The molecular formula is C26H23N7O3. The molecule has 36 heavy (non-hydrogen) atoms. The molecule has 3 heterocycles. The van der Waals surface area contributed by atoms with Gasteiger partial charge in [0.15, 0.2) is 11.5 Å². The number of amides is 2. The molecule has 1 aliphatic rings. The van der Waals surface area contributed by atoms with Crippen LogP contribution in [0.5, 0.6) is 0 Å². The normalized spacial score (nSPS) is 14.9. The summed E-state index contributed by atoms with van der Waals surface area (Å²) in [7, 11) is 0. The van der Waals surface area contributed by atoms with Gasteiger partial charge >= 0.3 is 5.69 Å². The van der Waals surface area contributed by atoms with E-state index in [0.29, 0.717) is 47.6 Å². The first kappa shape index (κ1) is 22.9. The van der Waals surface area contributed by atoms with Crippen molar-refractivity contribution in [2.75, 3.05) is 24.1 Å². The number of fused-ring (bicyclic) bond motifs is 1. The van der Waals surface area contributed by atoms with Crippen LogP contribution in [0.1, 0.15) is 29.7 Å². The van der Waals surface area contributed by atoms with E-state index in [1.807, 2.05) is 18.2 Å². The highest BCUT2D eigenvalue weighted by Gasteiger charge is 2.31. The van der Waals surface area contributed by atoms with Gasteiger partial charge in [0.25, 0.3) is 11.8 Å². The van der Waals surface area contributed by atoms with Crippen LogP contribution in [0.3, 0.4) is 0 Å². The molecule has 0 bridgehead atoms. The van der Waals surface area contributed by atoms with E-state index in [2.05, 4.69) is 27.1 Å². The first-order valence-electron chi connectivity index (χ1n) is 11.4. The first-order chi connectivity index (χ1) is 17.5. The van der Waals surface area contributed by atoms with Crippen molar-refractivity contribution >= 4 is 34.5 Å². The third kappa shape index (κ3) is 4.07. The number of nitrogens with zero attached hydrogens (tertiary/aromatic N) is 5. The minimum atomic E-state index is -0.348. The van der Waals surface area contributed by atoms with Crippen molar-refractivity contribution in [3.63, 3.8) is 0 Å². The second kappa shape index (κ2) is 9.38. The summed E-state index contributed by atoms with van der Waals surface area (Å²) in [4.78, 5) is 48.6. The summed E-state index contributed by atoms with van der Waals surface area (Å²) in [5, 5.41) is 2.84. The molecule has 10 nitrogen and oxygen atoms in total. The van der Waals surface area contributed by atoms with E-state index in [1.165, 1.54) is 10.9 Å². The first-order valence-corrected chi connectivity index (χ1v) is 11.4. The molecular weight excluding hydrogens is 458 g/mol. The number of hydrogen-bond donors (Lipinski definition) is 2. The number of carbonyl (C=O) groups is 2. The van der Waals surface area contributed by atoms with E-state index in [0.717, 1.165) is 0 Å². The Morgan fingerprint density at radius 2 is 1.83 bits per heavy atom. The summed E-state index contributed by atoms with van der Waals surface area (Å²) in [5.74, 6) is 4.79. The van der Waals surface area contributed by atoms with Gasteiger partial charge in [-0.2, -0.15) is 0 Å². The molecule has 1 unspecified atom stereocenters. The lowest BCUT2D eigenvalue weighted by Gasteiger charge is -2.14. The molecule has 5 rings (SSSR count). The van der Waals surface area contributed by atoms with Crippen LogP contribution in [0.25, 0.3) is 16.9 Å². The molecule has 1 fully saturated rings. The third-order valence-electron chi connectivity index (χ3n) is 6.15. The Hall–Kier alpha value is -4.91. The van der Waals surface area contributed by atoms with E-state index < -0.39 is 0 Å². The van der Waals surface area contributed by atoms with Crippen LogP contribution in [-0.4, -0.2) is 48.9 Å². The van der Waals surface area contributed by atoms with Crippen molar-refractivity contribution in [3.05, 3.63) is 77.0 Å². The molecule has 2 amide bonds. The highest BCUT2D eigenvalue weighted by Crippen LogP contribution is 2.27. The van der Waals surface area contributed by atoms with Crippen LogP contribution in [0.4, 0.5) is 11.5 Å². The quantitative estimate of drug-likeness (QED) is 0.430. The number of nitrogens with two attached hydrogens (primary N) is 1. The van der Waals surface area contributed by atoms with Gasteiger partial charge in [-0.1, -0.05) is 24.1 Å². The molecule has 180 valence electrons. The number of aromatic nitrogens is 4. The van der Waals surface area contributed by atoms with Gasteiger partial charge in [0.05, 0.1) is 11.7 Å². The Labute approximate surface area is 206 Å². The van der Waals surface area contributed by atoms with Crippen LogP contribution in [0.15, 0.2) is 65.7 Å². The highest BCUT2D eigenvalue weighted by molar-refractivity contribution is 6.04. The molecule has 3 N–H and O–H groups in total. The number of para-hydroxylation sites is 1. The number of benzene rings is 2. The molecule has 0 radical (unpaired) electrons. The Kier molecular flexibility index (Phi) is 5.96. The van der Waals surface area contributed by atoms with Gasteiger partial charge in [-0.3, -0.25) is 18.7 Å². The Bertz CT molecular complexity index is 1580. The molecule has 10 heteroatoms. The number of likely N-dealkylation sites (tertiary alicyclic amines) is 1. The van der Waals surface area contributed by atoms with Crippen molar-refractivity contribution in [2.24, 2.45) is 0 Å².